The first-order chi connectivity index (χ1) is 11.3. The van der Waals surface area contributed by atoms with Gasteiger partial charge in [-0.15, -0.1) is 0 Å². The number of amides is 1. The average Bonchev–Trinajstić information content (AvgIpc) is 2.78. The third-order valence-electron chi connectivity index (χ3n) is 4.62. The fraction of sp³-hybridized carbons (Fsp3) is 0.611. The molecule has 1 aliphatic rings. The van der Waals surface area contributed by atoms with Gasteiger partial charge in [-0.2, -0.15) is 13.2 Å². The normalized spacial score (nSPS) is 18.3. The van der Waals surface area contributed by atoms with Gasteiger partial charge in [0.15, 0.2) is 0 Å². The number of benzene rings is 1. The number of carbonyl (C=O) groups is 1. The van der Waals surface area contributed by atoms with Crippen LogP contribution in [0.5, 0.6) is 0 Å². The van der Waals surface area contributed by atoms with Crippen molar-refractivity contribution in [3.05, 3.63) is 35.4 Å². The molecule has 0 saturated carbocycles. The zero-order chi connectivity index (χ0) is 17.7. The molecule has 1 aliphatic heterocycles. The summed E-state index contributed by atoms with van der Waals surface area (Å²) in [6.45, 7) is 7.62. The minimum Gasteiger partial charge on any atom is -0.341 e. The van der Waals surface area contributed by atoms with Gasteiger partial charge < -0.3 is 4.90 Å². The van der Waals surface area contributed by atoms with E-state index in [1.54, 1.807) is 0 Å². The molecule has 1 atom stereocenters. The molecule has 0 aromatic heterocycles. The van der Waals surface area contributed by atoms with Gasteiger partial charge in [0.25, 0.3) is 0 Å². The highest BCUT2D eigenvalue weighted by atomic mass is 19.4. The second kappa shape index (κ2) is 8.01. The van der Waals surface area contributed by atoms with E-state index in [1.165, 1.54) is 12.1 Å². The lowest BCUT2D eigenvalue weighted by atomic mass is 10.1. The van der Waals surface area contributed by atoms with E-state index >= 15 is 0 Å². The van der Waals surface area contributed by atoms with Crippen LogP contribution in [-0.2, 0) is 17.5 Å². The number of nitrogens with zero attached hydrogens (tertiary/aromatic N) is 2. The van der Waals surface area contributed by atoms with Crippen LogP contribution in [-0.4, -0.2) is 41.9 Å². The van der Waals surface area contributed by atoms with E-state index in [9.17, 15) is 18.0 Å². The molecule has 1 aromatic rings. The third-order valence-corrected chi connectivity index (χ3v) is 4.62. The Morgan fingerprint density at radius 2 is 1.79 bits per heavy atom. The lowest BCUT2D eigenvalue weighted by Gasteiger charge is -2.24. The van der Waals surface area contributed by atoms with Gasteiger partial charge in [-0.3, -0.25) is 9.69 Å². The molecule has 0 spiro atoms. The van der Waals surface area contributed by atoms with Crippen molar-refractivity contribution < 1.29 is 18.0 Å². The second-order valence-electron chi connectivity index (χ2n) is 6.46. The van der Waals surface area contributed by atoms with E-state index in [1.807, 2.05) is 18.7 Å². The standard InChI is InChI=1S/C18H25F3N2O/c1-3-14(2)17(24)23-10-4-9-22(11-12-23)13-15-5-7-16(8-6-15)18(19,20)21/h5-8,14H,3-4,9-13H2,1-2H3. The van der Waals surface area contributed by atoms with Crippen molar-refractivity contribution in [2.75, 3.05) is 26.2 Å². The summed E-state index contributed by atoms with van der Waals surface area (Å²) in [7, 11) is 0. The van der Waals surface area contributed by atoms with Crippen LogP contribution in [0.25, 0.3) is 0 Å². The summed E-state index contributed by atoms with van der Waals surface area (Å²) in [5.74, 6) is 0.250. The van der Waals surface area contributed by atoms with Crippen LogP contribution >= 0.6 is 0 Å². The van der Waals surface area contributed by atoms with Crippen molar-refractivity contribution in [2.24, 2.45) is 5.92 Å². The number of hydrogen-bond acceptors (Lipinski definition) is 2. The van der Waals surface area contributed by atoms with Crippen molar-refractivity contribution in [1.82, 2.24) is 9.80 Å². The smallest absolute Gasteiger partial charge is 0.341 e. The van der Waals surface area contributed by atoms with E-state index < -0.39 is 11.7 Å². The monoisotopic (exact) mass is 342 g/mol. The summed E-state index contributed by atoms with van der Waals surface area (Å²) in [5, 5.41) is 0. The highest BCUT2D eigenvalue weighted by Crippen LogP contribution is 2.29. The van der Waals surface area contributed by atoms with Gasteiger partial charge in [0, 0.05) is 38.6 Å². The number of rotatable bonds is 4. The van der Waals surface area contributed by atoms with Crippen LogP contribution in [0.4, 0.5) is 13.2 Å². The zero-order valence-corrected chi connectivity index (χ0v) is 14.3. The maximum Gasteiger partial charge on any atom is 0.416 e. The molecule has 1 heterocycles. The maximum absolute atomic E-state index is 12.6. The van der Waals surface area contributed by atoms with Crippen molar-refractivity contribution in [3.63, 3.8) is 0 Å². The Bertz CT molecular complexity index is 542. The fourth-order valence-electron chi connectivity index (χ4n) is 2.89. The summed E-state index contributed by atoms with van der Waals surface area (Å²) in [4.78, 5) is 16.4. The Labute approximate surface area is 141 Å². The minimum atomic E-state index is -4.29. The number of halogens is 3. The van der Waals surface area contributed by atoms with Crippen molar-refractivity contribution in [3.8, 4) is 0 Å². The third kappa shape index (κ3) is 4.97. The lowest BCUT2D eigenvalue weighted by molar-refractivity contribution is -0.137. The molecule has 1 fully saturated rings. The Kier molecular flexibility index (Phi) is 6.27. The van der Waals surface area contributed by atoms with Crippen LogP contribution < -0.4 is 0 Å². The molecule has 0 radical (unpaired) electrons. The Morgan fingerprint density at radius 1 is 1.12 bits per heavy atom. The van der Waals surface area contributed by atoms with E-state index in [4.69, 9.17) is 0 Å². The molecule has 6 heteroatoms. The molecule has 134 valence electrons. The molecule has 2 rings (SSSR count). The fourth-order valence-corrected chi connectivity index (χ4v) is 2.89. The van der Waals surface area contributed by atoms with Crippen molar-refractivity contribution >= 4 is 5.91 Å². The van der Waals surface area contributed by atoms with Gasteiger partial charge in [-0.05, 0) is 30.5 Å². The molecule has 3 nitrogen and oxygen atoms in total. The first-order valence-electron chi connectivity index (χ1n) is 8.48. The summed E-state index contributed by atoms with van der Waals surface area (Å²) >= 11 is 0. The van der Waals surface area contributed by atoms with Crippen LogP contribution in [0, 0.1) is 5.92 Å². The molecular weight excluding hydrogens is 317 g/mol. The van der Waals surface area contributed by atoms with Gasteiger partial charge in [0.1, 0.15) is 0 Å². The Morgan fingerprint density at radius 3 is 2.38 bits per heavy atom. The molecule has 1 amide bonds. The molecule has 1 unspecified atom stereocenters. The van der Waals surface area contributed by atoms with E-state index in [0.29, 0.717) is 13.1 Å². The second-order valence-corrected chi connectivity index (χ2v) is 6.46. The van der Waals surface area contributed by atoms with E-state index in [2.05, 4.69) is 4.90 Å². The predicted molar refractivity (Wildman–Crippen MR) is 87.4 cm³/mol. The lowest BCUT2D eigenvalue weighted by Crippen LogP contribution is -2.38. The number of carbonyl (C=O) groups excluding carboxylic acids is 1. The maximum atomic E-state index is 12.6. The van der Waals surface area contributed by atoms with Gasteiger partial charge in [0.05, 0.1) is 5.56 Å². The van der Waals surface area contributed by atoms with Gasteiger partial charge in [-0.1, -0.05) is 26.0 Å². The highest BCUT2D eigenvalue weighted by Gasteiger charge is 2.30. The molecular formula is C18H25F3N2O. The quantitative estimate of drug-likeness (QED) is 0.831. The van der Waals surface area contributed by atoms with Crippen LogP contribution in [0.3, 0.4) is 0 Å². The summed E-state index contributed by atoms with van der Waals surface area (Å²) in [6, 6.07) is 5.34. The largest absolute Gasteiger partial charge is 0.416 e. The topological polar surface area (TPSA) is 23.6 Å². The minimum absolute atomic E-state index is 0.0477. The van der Waals surface area contributed by atoms with Crippen LogP contribution in [0.2, 0.25) is 0 Å². The first kappa shape index (κ1) is 18.8. The number of alkyl halides is 3. The molecule has 1 aromatic carbocycles. The van der Waals surface area contributed by atoms with Crippen molar-refractivity contribution in [2.45, 2.75) is 39.4 Å². The van der Waals surface area contributed by atoms with Gasteiger partial charge in [-0.25, -0.2) is 0 Å². The molecule has 0 aliphatic carbocycles. The van der Waals surface area contributed by atoms with E-state index in [-0.39, 0.29) is 11.8 Å². The summed E-state index contributed by atoms with van der Waals surface area (Å²) in [5.41, 5.74) is 0.247. The van der Waals surface area contributed by atoms with Gasteiger partial charge >= 0.3 is 6.18 Å². The zero-order valence-electron chi connectivity index (χ0n) is 14.3. The SMILES string of the molecule is CCC(C)C(=O)N1CCCN(Cc2ccc(C(F)(F)F)cc2)CC1. The van der Waals surface area contributed by atoms with Crippen LogP contribution in [0.15, 0.2) is 24.3 Å². The van der Waals surface area contributed by atoms with E-state index in [0.717, 1.165) is 50.2 Å². The summed E-state index contributed by atoms with van der Waals surface area (Å²) in [6.07, 6.45) is -2.56. The Hall–Kier alpha value is -1.56. The van der Waals surface area contributed by atoms with Crippen LogP contribution in [0.1, 0.15) is 37.8 Å². The average molecular weight is 342 g/mol. The Balaban J connectivity index is 1.91. The first-order valence-corrected chi connectivity index (χ1v) is 8.48. The van der Waals surface area contributed by atoms with Gasteiger partial charge in [0.2, 0.25) is 5.91 Å². The number of hydrogen-bond donors (Lipinski definition) is 0. The highest BCUT2D eigenvalue weighted by molar-refractivity contribution is 5.78. The summed E-state index contributed by atoms with van der Waals surface area (Å²) < 4.78 is 37.8. The predicted octanol–water partition coefficient (Wildman–Crippen LogP) is 3.79. The molecule has 1 saturated heterocycles. The van der Waals surface area contributed by atoms with Crippen molar-refractivity contribution in [1.29, 1.82) is 0 Å². The molecule has 0 N–H and O–H groups in total. The molecule has 0 bridgehead atoms. The molecule has 24 heavy (non-hydrogen) atoms.